The molecule has 0 aliphatic heterocycles. The van der Waals surface area contributed by atoms with Gasteiger partial charge in [0.15, 0.2) is 0 Å². The Balaban J connectivity index is 3.21. The van der Waals surface area contributed by atoms with Gasteiger partial charge >= 0.3 is 11.9 Å². The van der Waals surface area contributed by atoms with Crippen LogP contribution in [-0.2, 0) is 19.1 Å². The van der Waals surface area contributed by atoms with Crippen LogP contribution in [0.15, 0.2) is 12.2 Å². The average Bonchev–Trinajstić information content (AvgIpc) is 2.31. The van der Waals surface area contributed by atoms with Crippen molar-refractivity contribution in [2.24, 2.45) is 0 Å². The van der Waals surface area contributed by atoms with E-state index in [1.807, 2.05) is 6.08 Å². The van der Waals surface area contributed by atoms with Crippen LogP contribution in [0.25, 0.3) is 0 Å². The van der Waals surface area contributed by atoms with Crippen molar-refractivity contribution in [3.8, 4) is 0 Å². The molecule has 0 aromatic heterocycles. The van der Waals surface area contributed by atoms with E-state index in [9.17, 15) is 9.59 Å². The van der Waals surface area contributed by atoms with Gasteiger partial charge in [0.25, 0.3) is 0 Å². The van der Waals surface area contributed by atoms with E-state index >= 15 is 0 Å². The number of allylic oxidation sites excluding steroid dienone is 1. The monoisotopic (exact) mass is 256 g/mol. The normalized spacial score (nSPS) is 10.6. The summed E-state index contributed by atoms with van der Waals surface area (Å²) >= 11 is 0. The summed E-state index contributed by atoms with van der Waals surface area (Å²) in [6.07, 6.45) is 9.60. The number of rotatable bonds is 10. The standard InChI is InChI=1S/C14H24O4/c1-3-17-14(16)11-9-7-5-4-6-8-10-12-18-13(2)15/h9,11H,3-8,10,12H2,1-2H3/b11-9+. The quantitative estimate of drug-likeness (QED) is 0.342. The van der Waals surface area contributed by atoms with E-state index in [0.29, 0.717) is 13.2 Å². The second-order valence-electron chi connectivity index (χ2n) is 4.05. The van der Waals surface area contributed by atoms with Gasteiger partial charge in [0.05, 0.1) is 13.2 Å². The van der Waals surface area contributed by atoms with Gasteiger partial charge in [-0.05, 0) is 26.2 Å². The lowest BCUT2D eigenvalue weighted by Gasteiger charge is -2.01. The minimum atomic E-state index is -0.265. The van der Waals surface area contributed by atoms with Crippen molar-refractivity contribution < 1.29 is 19.1 Å². The lowest BCUT2D eigenvalue weighted by molar-refractivity contribution is -0.141. The van der Waals surface area contributed by atoms with Crippen LogP contribution in [0, 0.1) is 0 Å². The van der Waals surface area contributed by atoms with Crippen molar-refractivity contribution in [2.75, 3.05) is 13.2 Å². The molecule has 0 aromatic rings. The zero-order chi connectivity index (χ0) is 13.6. The van der Waals surface area contributed by atoms with Gasteiger partial charge in [-0.2, -0.15) is 0 Å². The summed E-state index contributed by atoms with van der Waals surface area (Å²) in [5, 5.41) is 0. The maximum absolute atomic E-state index is 11.0. The van der Waals surface area contributed by atoms with Gasteiger partial charge in [0, 0.05) is 13.0 Å². The smallest absolute Gasteiger partial charge is 0.330 e. The van der Waals surface area contributed by atoms with E-state index in [-0.39, 0.29) is 11.9 Å². The Morgan fingerprint density at radius 1 is 1.00 bits per heavy atom. The summed E-state index contributed by atoms with van der Waals surface area (Å²) in [5.41, 5.74) is 0. The molecule has 0 aliphatic rings. The number of ether oxygens (including phenoxy) is 2. The summed E-state index contributed by atoms with van der Waals surface area (Å²) < 4.78 is 9.60. The van der Waals surface area contributed by atoms with Gasteiger partial charge in [-0.25, -0.2) is 4.79 Å². The number of carbonyl (C=O) groups excluding carboxylic acids is 2. The SMILES string of the molecule is CCOC(=O)/C=C/CCCCCCCOC(C)=O. The third-order valence-corrected chi connectivity index (χ3v) is 2.36. The average molecular weight is 256 g/mol. The summed E-state index contributed by atoms with van der Waals surface area (Å²) in [6, 6.07) is 0. The molecule has 0 aliphatic carbocycles. The molecule has 0 bridgehead atoms. The van der Waals surface area contributed by atoms with Crippen molar-refractivity contribution in [2.45, 2.75) is 52.4 Å². The van der Waals surface area contributed by atoms with E-state index in [2.05, 4.69) is 0 Å². The highest BCUT2D eigenvalue weighted by Crippen LogP contribution is 2.06. The maximum Gasteiger partial charge on any atom is 0.330 e. The van der Waals surface area contributed by atoms with Crippen molar-refractivity contribution >= 4 is 11.9 Å². The van der Waals surface area contributed by atoms with Crippen LogP contribution in [0.5, 0.6) is 0 Å². The lowest BCUT2D eigenvalue weighted by Crippen LogP contribution is -2.00. The molecular weight excluding hydrogens is 232 g/mol. The molecule has 0 radical (unpaired) electrons. The van der Waals surface area contributed by atoms with E-state index in [0.717, 1.165) is 38.5 Å². The van der Waals surface area contributed by atoms with Crippen LogP contribution in [-0.4, -0.2) is 25.2 Å². The molecule has 0 atom stereocenters. The number of esters is 2. The predicted molar refractivity (Wildman–Crippen MR) is 70.1 cm³/mol. The third-order valence-electron chi connectivity index (χ3n) is 2.36. The predicted octanol–water partition coefficient (Wildman–Crippen LogP) is 3.01. The van der Waals surface area contributed by atoms with Gasteiger partial charge < -0.3 is 9.47 Å². The second kappa shape index (κ2) is 12.1. The first-order valence-corrected chi connectivity index (χ1v) is 6.63. The van der Waals surface area contributed by atoms with Crippen molar-refractivity contribution in [1.29, 1.82) is 0 Å². The second-order valence-corrected chi connectivity index (χ2v) is 4.05. The molecule has 0 fully saturated rings. The number of carbonyl (C=O) groups is 2. The minimum Gasteiger partial charge on any atom is -0.466 e. The zero-order valence-electron chi connectivity index (χ0n) is 11.4. The molecule has 104 valence electrons. The van der Waals surface area contributed by atoms with Crippen LogP contribution in [0.3, 0.4) is 0 Å². The highest BCUT2D eigenvalue weighted by Gasteiger charge is 1.94. The zero-order valence-corrected chi connectivity index (χ0v) is 11.4. The minimum absolute atomic E-state index is 0.209. The fourth-order valence-corrected chi connectivity index (χ4v) is 1.48. The molecule has 18 heavy (non-hydrogen) atoms. The Bertz CT molecular complexity index is 259. The molecule has 0 saturated heterocycles. The highest BCUT2D eigenvalue weighted by atomic mass is 16.5. The first-order valence-electron chi connectivity index (χ1n) is 6.63. The molecule has 4 heteroatoms. The first kappa shape index (κ1) is 16.7. The summed E-state index contributed by atoms with van der Waals surface area (Å²) in [6.45, 7) is 4.17. The van der Waals surface area contributed by atoms with Crippen molar-refractivity contribution in [1.82, 2.24) is 0 Å². The Hall–Kier alpha value is -1.32. The molecule has 0 spiro atoms. The largest absolute Gasteiger partial charge is 0.466 e. The molecule has 0 aromatic carbocycles. The molecule has 4 nitrogen and oxygen atoms in total. The van der Waals surface area contributed by atoms with Crippen LogP contribution < -0.4 is 0 Å². The Morgan fingerprint density at radius 2 is 1.67 bits per heavy atom. The van der Waals surface area contributed by atoms with Gasteiger partial charge in [-0.15, -0.1) is 0 Å². The fourth-order valence-electron chi connectivity index (χ4n) is 1.48. The van der Waals surface area contributed by atoms with Crippen molar-refractivity contribution in [3.05, 3.63) is 12.2 Å². The van der Waals surface area contributed by atoms with Crippen LogP contribution in [0.1, 0.15) is 52.4 Å². The third kappa shape index (κ3) is 12.7. The first-order chi connectivity index (χ1) is 8.66. The number of hydrogen-bond acceptors (Lipinski definition) is 4. The molecule has 0 rings (SSSR count). The van der Waals surface area contributed by atoms with Crippen molar-refractivity contribution in [3.63, 3.8) is 0 Å². The molecule has 0 saturated carbocycles. The Kier molecular flexibility index (Phi) is 11.3. The summed E-state index contributed by atoms with van der Waals surface area (Å²) in [4.78, 5) is 21.4. The van der Waals surface area contributed by atoms with E-state index in [1.165, 1.54) is 13.0 Å². The summed E-state index contributed by atoms with van der Waals surface area (Å²) in [7, 11) is 0. The molecule has 0 unspecified atom stereocenters. The fraction of sp³-hybridized carbons (Fsp3) is 0.714. The highest BCUT2D eigenvalue weighted by molar-refractivity contribution is 5.81. The molecule has 0 N–H and O–H groups in total. The molecule has 0 heterocycles. The maximum atomic E-state index is 11.0. The topological polar surface area (TPSA) is 52.6 Å². The Labute approximate surface area is 109 Å². The molecule has 0 amide bonds. The number of unbranched alkanes of at least 4 members (excludes halogenated alkanes) is 5. The van der Waals surface area contributed by atoms with Gasteiger partial charge in [0.1, 0.15) is 0 Å². The summed E-state index contributed by atoms with van der Waals surface area (Å²) in [5.74, 6) is -0.474. The Morgan fingerprint density at radius 3 is 2.33 bits per heavy atom. The van der Waals surface area contributed by atoms with E-state index in [1.54, 1.807) is 6.92 Å². The van der Waals surface area contributed by atoms with Gasteiger partial charge in [-0.3, -0.25) is 4.79 Å². The lowest BCUT2D eigenvalue weighted by atomic mass is 10.1. The van der Waals surface area contributed by atoms with Crippen LogP contribution in [0.2, 0.25) is 0 Å². The van der Waals surface area contributed by atoms with Gasteiger partial charge in [0.2, 0.25) is 0 Å². The number of hydrogen-bond donors (Lipinski definition) is 0. The molecular formula is C14H24O4. The van der Waals surface area contributed by atoms with E-state index in [4.69, 9.17) is 9.47 Å². The van der Waals surface area contributed by atoms with E-state index < -0.39 is 0 Å². The van der Waals surface area contributed by atoms with Crippen LogP contribution in [0.4, 0.5) is 0 Å². The van der Waals surface area contributed by atoms with Gasteiger partial charge in [-0.1, -0.05) is 25.3 Å². The van der Waals surface area contributed by atoms with Crippen LogP contribution >= 0.6 is 0 Å².